The molecular weight excluding hydrogens is 228 g/mol. The first-order valence-corrected chi connectivity index (χ1v) is 5.34. The largest absolute Gasteiger partial charge is 0.237 e. The molecule has 0 aromatic carbocycles. The Balaban J connectivity index is 3.11. The third-order valence-electron chi connectivity index (χ3n) is 1.84. The zero-order chi connectivity index (χ0) is 10.0. The predicted molar refractivity (Wildman–Crippen MR) is 57.9 cm³/mol. The zero-order valence-electron chi connectivity index (χ0n) is 8.50. The molecule has 0 atom stereocenters. The number of hydrogen-bond donors (Lipinski definition) is 0. The van der Waals surface area contributed by atoms with Crippen LogP contribution in [0.3, 0.4) is 0 Å². The molecule has 0 aliphatic carbocycles. The highest BCUT2D eigenvalue weighted by molar-refractivity contribution is 9.10. The van der Waals surface area contributed by atoms with Gasteiger partial charge in [-0.25, -0.2) is 9.97 Å². The van der Waals surface area contributed by atoms with Gasteiger partial charge in [-0.15, -0.1) is 0 Å². The van der Waals surface area contributed by atoms with Gasteiger partial charge in [-0.1, -0.05) is 27.7 Å². The Hall–Kier alpha value is -0.440. The lowest BCUT2D eigenvalue weighted by Crippen LogP contribution is -2.02. The molecule has 0 radical (unpaired) electrons. The van der Waals surface area contributed by atoms with Gasteiger partial charge in [-0.05, 0) is 27.9 Å². The molecular formula is C10H15BrN2. The molecule has 0 spiro atoms. The predicted octanol–water partition coefficient (Wildman–Crippen LogP) is 3.49. The van der Waals surface area contributed by atoms with E-state index in [9.17, 15) is 0 Å². The Morgan fingerprint density at radius 2 is 1.69 bits per heavy atom. The fraction of sp³-hybridized carbons (Fsp3) is 0.600. The fourth-order valence-corrected chi connectivity index (χ4v) is 1.42. The maximum atomic E-state index is 4.49. The van der Waals surface area contributed by atoms with E-state index in [-0.39, 0.29) is 0 Å². The van der Waals surface area contributed by atoms with Crippen molar-refractivity contribution in [2.75, 3.05) is 0 Å². The number of halogens is 1. The molecule has 1 rings (SSSR count). The summed E-state index contributed by atoms with van der Waals surface area (Å²) in [5.74, 6) is 1.75. The Bertz CT molecular complexity index is 269. The van der Waals surface area contributed by atoms with Gasteiger partial charge in [-0.3, -0.25) is 0 Å². The van der Waals surface area contributed by atoms with Crippen molar-refractivity contribution in [2.45, 2.75) is 39.5 Å². The van der Waals surface area contributed by atoms with Crippen molar-refractivity contribution in [3.63, 3.8) is 0 Å². The van der Waals surface area contributed by atoms with Crippen LogP contribution in [0.25, 0.3) is 0 Å². The Labute approximate surface area is 87.9 Å². The van der Waals surface area contributed by atoms with E-state index in [1.807, 2.05) is 6.07 Å². The molecule has 2 nitrogen and oxygen atoms in total. The van der Waals surface area contributed by atoms with Crippen molar-refractivity contribution in [3.8, 4) is 0 Å². The van der Waals surface area contributed by atoms with Crippen LogP contribution in [0, 0.1) is 0 Å². The second kappa shape index (κ2) is 4.18. The first-order valence-electron chi connectivity index (χ1n) is 4.55. The highest BCUT2D eigenvalue weighted by atomic mass is 79.9. The molecule has 0 saturated heterocycles. The van der Waals surface area contributed by atoms with Crippen LogP contribution in [0.4, 0.5) is 0 Å². The molecule has 0 saturated carbocycles. The minimum absolute atomic E-state index is 0.384. The molecule has 0 unspecified atom stereocenters. The fourth-order valence-electron chi connectivity index (χ4n) is 1.01. The lowest BCUT2D eigenvalue weighted by atomic mass is 10.1. The van der Waals surface area contributed by atoms with Gasteiger partial charge in [-0.2, -0.15) is 0 Å². The first-order chi connectivity index (χ1) is 6.00. The van der Waals surface area contributed by atoms with E-state index in [0.717, 1.165) is 16.1 Å². The Morgan fingerprint density at radius 3 is 2.15 bits per heavy atom. The van der Waals surface area contributed by atoms with Crippen molar-refractivity contribution >= 4 is 15.9 Å². The van der Waals surface area contributed by atoms with Gasteiger partial charge in [0.15, 0.2) is 0 Å². The summed E-state index contributed by atoms with van der Waals surface area (Å²) in [7, 11) is 0. The van der Waals surface area contributed by atoms with Gasteiger partial charge in [0.25, 0.3) is 0 Å². The van der Waals surface area contributed by atoms with Crippen LogP contribution >= 0.6 is 15.9 Å². The van der Waals surface area contributed by atoms with E-state index < -0.39 is 0 Å². The van der Waals surface area contributed by atoms with Crippen molar-refractivity contribution in [1.29, 1.82) is 0 Å². The highest BCUT2D eigenvalue weighted by Gasteiger charge is 2.08. The summed E-state index contributed by atoms with van der Waals surface area (Å²) in [4.78, 5) is 8.81. The SMILES string of the molecule is CC(C)c1cc(Br)nc(C(C)C)n1. The lowest BCUT2D eigenvalue weighted by Gasteiger charge is -2.09. The van der Waals surface area contributed by atoms with Crippen molar-refractivity contribution in [1.82, 2.24) is 9.97 Å². The van der Waals surface area contributed by atoms with E-state index in [2.05, 4.69) is 53.6 Å². The minimum atomic E-state index is 0.384. The average molecular weight is 243 g/mol. The maximum Gasteiger partial charge on any atom is 0.132 e. The van der Waals surface area contributed by atoms with Crippen LogP contribution in [-0.2, 0) is 0 Å². The maximum absolute atomic E-state index is 4.49. The number of rotatable bonds is 2. The summed E-state index contributed by atoms with van der Waals surface area (Å²) in [6.07, 6.45) is 0. The molecule has 13 heavy (non-hydrogen) atoms. The van der Waals surface area contributed by atoms with Gasteiger partial charge in [0.05, 0.1) is 0 Å². The molecule has 0 N–H and O–H groups in total. The molecule has 3 heteroatoms. The van der Waals surface area contributed by atoms with Crippen molar-refractivity contribution < 1.29 is 0 Å². The minimum Gasteiger partial charge on any atom is -0.237 e. The number of aromatic nitrogens is 2. The van der Waals surface area contributed by atoms with E-state index in [1.54, 1.807) is 0 Å². The third-order valence-corrected chi connectivity index (χ3v) is 2.25. The average Bonchev–Trinajstić information content (AvgIpc) is 2.03. The van der Waals surface area contributed by atoms with Gasteiger partial charge >= 0.3 is 0 Å². The first kappa shape index (κ1) is 10.6. The summed E-state index contributed by atoms with van der Waals surface area (Å²) in [5.41, 5.74) is 1.10. The second-order valence-electron chi connectivity index (χ2n) is 3.78. The smallest absolute Gasteiger partial charge is 0.132 e. The summed E-state index contributed by atoms with van der Waals surface area (Å²) < 4.78 is 0.884. The van der Waals surface area contributed by atoms with E-state index >= 15 is 0 Å². The topological polar surface area (TPSA) is 25.8 Å². The van der Waals surface area contributed by atoms with E-state index in [0.29, 0.717) is 11.8 Å². The molecule has 0 bridgehead atoms. The van der Waals surface area contributed by atoms with Gasteiger partial charge in [0, 0.05) is 11.6 Å². The molecule has 1 aromatic heterocycles. The normalized spacial score (nSPS) is 11.3. The summed E-state index contributed by atoms with van der Waals surface area (Å²) in [5, 5.41) is 0. The molecule has 0 aliphatic heterocycles. The standard InChI is InChI=1S/C10H15BrN2/c1-6(2)8-5-9(11)13-10(12-8)7(3)4/h5-7H,1-4H3. The van der Waals surface area contributed by atoms with E-state index in [1.165, 1.54) is 0 Å². The quantitative estimate of drug-likeness (QED) is 0.743. The van der Waals surface area contributed by atoms with Gasteiger partial charge in [0.2, 0.25) is 0 Å². The summed E-state index contributed by atoms with van der Waals surface area (Å²) >= 11 is 3.40. The van der Waals surface area contributed by atoms with Crippen LogP contribution in [0.5, 0.6) is 0 Å². The highest BCUT2D eigenvalue weighted by Crippen LogP contribution is 2.19. The second-order valence-corrected chi connectivity index (χ2v) is 4.60. The van der Waals surface area contributed by atoms with Crippen LogP contribution < -0.4 is 0 Å². The molecule has 0 aliphatic rings. The Kier molecular flexibility index (Phi) is 3.42. The Morgan fingerprint density at radius 1 is 1.08 bits per heavy atom. The lowest BCUT2D eigenvalue weighted by molar-refractivity contribution is 0.724. The van der Waals surface area contributed by atoms with Crippen LogP contribution in [0.1, 0.15) is 51.0 Å². The van der Waals surface area contributed by atoms with Gasteiger partial charge in [0.1, 0.15) is 10.4 Å². The monoisotopic (exact) mass is 242 g/mol. The summed E-state index contributed by atoms with van der Waals surface area (Å²) in [6.45, 7) is 8.48. The zero-order valence-corrected chi connectivity index (χ0v) is 10.1. The van der Waals surface area contributed by atoms with E-state index in [4.69, 9.17) is 0 Å². The number of hydrogen-bond acceptors (Lipinski definition) is 2. The molecule has 72 valence electrons. The molecule has 1 aromatic rings. The molecule has 1 heterocycles. The molecule has 0 amide bonds. The summed E-state index contributed by atoms with van der Waals surface area (Å²) in [6, 6.07) is 1.98. The van der Waals surface area contributed by atoms with Crippen LogP contribution in [0.15, 0.2) is 10.7 Å². The number of nitrogens with zero attached hydrogens (tertiary/aromatic N) is 2. The third kappa shape index (κ3) is 2.76. The van der Waals surface area contributed by atoms with Crippen molar-refractivity contribution in [3.05, 3.63) is 22.2 Å². The van der Waals surface area contributed by atoms with Gasteiger partial charge < -0.3 is 0 Å². The van der Waals surface area contributed by atoms with Crippen molar-refractivity contribution in [2.24, 2.45) is 0 Å². The van der Waals surface area contributed by atoms with Crippen LogP contribution in [0.2, 0.25) is 0 Å². The van der Waals surface area contributed by atoms with Crippen LogP contribution in [-0.4, -0.2) is 9.97 Å². The molecule has 0 fully saturated rings.